The Labute approximate surface area is 126 Å². The molecule has 0 heterocycles. The number of ether oxygens (including phenoxy) is 1. The van der Waals surface area contributed by atoms with Crippen molar-refractivity contribution >= 4 is 11.7 Å². The second-order valence-corrected chi connectivity index (χ2v) is 5.06. The van der Waals surface area contributed by atoms with Crippen LogP contribution in [0.4, 0.5) is 10.5 Å². The lowest BCUT2D eigenvalue weighted by Gasteiger charge is -2.21. The van der Waals surface area contributed by atoms with Gasteiger partial charge in [-0.05, 0) is 31.7 Å². The summed E-state index contributed by atoms with van der Waals surface area (Å²) in [6.07, 6.45) is -0.693. The highest BCUT2D eigenvalue weighted by molar-refractivity contribution is 5.89. The highest BCUT2D eigenvalue weighted by Crippen LogP contribution is 2.17. The van der Waals surface area contributed by atoms with Crippen molar-refractivity contribution in [1.29, 1.82) is 0 Å². The maximum absolute atomic E-state index is 12.1. The van der Waals surface area contributed by atoms with Crippen LogP contribution in [0.1, 0.15) is 18.5 Å². The van der Waals surface area contributed by atoms with E-state index in [0.717, 1.165) is 11.3 Å². The first-order chi connectivity index (χ1) is 9.97. The molecule has 1 aromatic rings. The summed E-state index contributed by atoms with van der Waals surface area (Å²) >= 11 is 0. The number of hydrogen-bond acceptors (Lipinski definition) is 4. The van der Waals surface area contributed by atoms with Gasteiger partial charge in [-0.15, -0.1) is 0 Å². The van der Waals surface area contributed by atoms with Gasteiger partial charge >= 0.3 is 6.03 Å². The highest BCUT2D eigenvalue weighted by Gasteiger charge is 2.14. The summed E-state index contributed by atoms with van der Waals surface area (Å²) in [5, 5.41) is 15.6. The lowest BCUT2D eigenvalue weighted by Crippen LogP contribution is -2.38. The summed E-state index contributed by atoms with van der Waals surface area (Å²) in [4.78, 5) is 13.5. The van der Waals surface area contributed by atoms with Gasteiger partial charge in [0.25, 0.3) is 0 Å². The Morgan fingerprint density at radius 2 is 2.19 bits per heavy atom. The number of carbonyl (C=O) groups is 1. The molecular weight excluding hydrogens is 270 g/mol. The Hall–Kier alpha value is -1.63. The number of anilines is 1. The van der Waals surface area contributed by atoms with E-state index in [4.69, 9.17) is 4.74 Å². The maximum atomic E-state index is 12.1. The largest absolute Gasteiger partial charge is 0.389 e. The van der Waals surface area contributed by atoms with E-state index in [0.29, 0.717) is 0 Å². The maximum Gasteiger partial charge on any atom is 0.321 e. The molecule has 1 aromatic carbocycles. The van der Waals surface area contributed by atoms with Crippen LogP contribution in [0.5, 0.6) is 0 Å². The summed E-state index contributed by atoms with van der Waals surface area (Å²) < 4.78 is 4.84. The average Bonchev–Trinajstić information content (AvgIpc) is 2.46. The number of amides is 2. The van der Waals surface area contributed by atoms with Crippen molar-refractivity contribution < 1.29 is 14.6 Å². The number of aliphatic hydroxyl groups excluding tert-OH is 1. The van der Waals surface area contributed by atoms with E-state index in [1.165, 1.54) is 12.0 Å². The zero-order valence-corrected chi connectivity index (χ0v) is 13.1. The number of rotatable bonds is 7. The number of methoxy groups -OCH3 is 1. The molecule has 6 heteroatoms. The SMILES string of the molecule is CNC(C)c1cccc(NC(=O)N(C)CC(O)COC)c1. The first-order valence-electron chi connectivity index (χ1n) is 6.94. The van der Waals surface area contributed by atoms with Crippen molar-refractivity contribution in [2.24, 2.45) is 0 Å². The molecule has 118 valence electrons. The zero-order valence-electron chi connectivity index (χ0n) is 13.1. The summed E-state index contributed by atoms with van der Waals surface area (Å²) in [5.74, 6) is 0. The van der Waals surface area contributed by atoms with Crippen LogP contribution in [0.25, 0.3) is 0 Å². The van der Waals surface area contributed by atoms with E-state index in [9.17, 15) is 9.90 Å². The smallest absolute Gasteiger partial charge is 0.321 e. The fourth-order valence-electron chi connectivity index (χ4n) is 1.92. The first-order valence-corrected chi connectivity index (χ1v) is 6.94. The fraction of sp³-hybridized carbons (Fsp3) is 0.533. The van der Waals surface area contributed by atoms with Gasteiger partial charge in [0.1, 0.15) is 0 Å². The number of carbonyl (C=O) groups excluding carboxylic acids is 1. The van der Waals surface area contributed by atoms with Gasteiger partial charge in [0, 0.05) is 25.9 Å². The molecule has 0 aliphatic carbocycles. The summed E-state index contributed by atoms with van der Waals surface area (Å²) in [6, 6.07) is 7.62. The number of likely N-dealkylation sites (N-methyl/N-ethyl adjacent to an activating group) is 1. The molecular formula is C15H25N3O3. The van der Waals surface area contributed by atoms with Crippen molar-refractivity contribution in [2.45, 2.75) is 19.1 Å². The van der Waals surface area contributed by atoms with Crippen LogP contribution in [0.2, 0.25) is 0 Å². The Morgan fingerprint density at radius 1 is 1.48 bits per heavy atom. The number of urea groups is 1. The Kier molecular flexibility index (Phi) is 7.14. The van der Waals surface area contributed by atoms with Gasteiger partial charge in [-0.1, -0.05) is 12.1 Å². The quantitative estimate of drug-likeness (QED) is 0.711. The van der Waals surface area contributed by atoms with Crippen LogP contribution in [0.15, 0.2) is 24.3 Å². The lowest BCUT2D eigenvalue weighted by molar-refractivity contribution is 0.0501. The number of nitrogens with one attached hydrogen (secondary N) is 2. The minimum absolute atomic E-state index is 0.201. The van der Waals surface area contributed by atoms with Gasteiger partial charge in [-0.25, -0.2) is 4.79 Å². The van der Waals surface area contributed by atoms with Gasteiger partial charge in [-0.3, -0.25) is 0 Å². The number of aliphatic hydroxyl groups is 1. The molecule has 1 rings (SSSR count). The van der Waals surface area contributed by atoms with Crippen molar-refractivity contribution in [3.8, 4) is 0 Å². The van der Waals surface area contributed by atoms with Crippen LogP contribution in [-0.2, 0) is 4.74 Å². The Balaban J connectivity index is 2.61. The molecule has 0 aliphatic heterocycles. The van der Waals surface area contributed by atoms with Crippen molar-refractivity contribution in [3.05, 3.63) is 29.8 Å². The second-order valence-electron chi connectivity index (χ2n) is 5.06. The molecule has 0 radical (unpaired) electrons. The number of hydrogen-bond donors (Lipinski definition) is 3. The van der Waals surface area contributed by atoms with Crippen LogP contribution >= 0.6 is 0 Å². The first kappa shape index (κ1) is 17.4. The molecule has 6 nitrogen and oxygen atoms in total. The topological polar surface area (TPSA) is 73.8 Å². The molecule has 0 aromatic heterocycles. The van der Waals surface area contributed by atoms with Gasteiger partial charge in [0.05, 0.1) is 19.3 Å². The Morgan fingerprint density at radius 3 is 2.81 bits per heavy atom. The fourth-order valence-corrected chi connectivity index (χ4v) is 1.92. The average molecular weight is 295 g/mol. The molecule has 0 fully saturated rings. The second kappa shape index (κ2) is 8.61. The molecule has 21 heavy (non-hydrogen) atoms. The molecule has 0 spiro atoms. The minimum Gasteiger partial charge on any atom is -0.389 e. The summed E-state index contributed by atoms with van der Waals surface area (Å²) in [6.45, 7) is 2.47. The van der Waals surface area contributed by atoms with E-state index in [1.807, 2.05) is 38.2 Å². The third kappa shape index (κ3) is 5.71. The van der Waals surface area contributed by atoms with Gasteiger partial charge in [0.2, 0.25) is 0 Å². The van der Waals surface area contributed by atoms with Crippen LogP contribution in [0, 0.1) is 0 Å². The van der Waals surface area contributed by atoms with Crippen LogP contribution < -0.4 is 10.6 Å². The van der Waals surface area contributed by atoms with Gasteiger partial charge in [0.15, 0.2) is 0 Å². The van der Waals surface area contributed by atoms with Gasteiger partial charge < -0.3 is 25.4 Å². The van der Waals surface area contributed by atoms with E-state index in [-0.39, 0.29) is 25.2 Å². The van der Waals surface area contributed by atoms with E-state index >= 15 is 0 Å². The molecule has 2 amide bonds. The third-order valence-electron chi connectivity index (χ3n) is 3.26. The third-order valence-corrected chi connectivity index (χ3v) is 3.26. The summed E-state index contributed by atoms with van der Waals surface area (Å²) in [5.41, 5.74) is 1.82. The lowest BCUT2D eigenvalue weighted by atomic mass is 10.1. The molecule has 0 saturated heterocycles. The number of benzene rings is 1. The molecule has 0 saturated carbocycles. The van der Waals surface area contributed by atoms with Crippen molar-refractivity contribution in [2.75, 3.05) is 39.7 Å². The zero-order chi connectivity index (χ0) is 15.8. The van der Waals surface area contributed by atoms with Crippen LogP contribution in [0.3, 0.4) is 0 Å². The predicted molar refractivity (Wildman–Crippen MR) is 83.4 cm³/mol. The van der Waals surface area contributed by atoms with E-state index < -0.39 is 6.10 Å². The number of nitrogens with zero attached hydrogens (tertiary/aromatic N) is 1. The summed E-state index contributed by atoms with van der Waals surface area (Å²) in [7, 11) is 5.03. The molecule has 0 bridgehead atoms. The minimum atomic E-state index is -0.693. The van der Waals surface area contributed by atoms with E-state index in [2.05, 4.69) is 10.6 Å². The molecule has 3 N–H and O–H groups in total. The standard InChI is InChI=1S/C15H25N3O3/c1-11(16-2)12-6-5-7-13(8-12)17-15(20)18(3)9-14(19)10-21-4/h5-8,11,14,16,19H,9-10H2,1-4H3,(H,17,20). The molecule has 0 aliphatic rings. The Bertz CT molecular complexity index is 454. The van der Waals surface area contributed by atoms with Gasteiger partial charge in [-0.2, -0.15) is 0 Å². The normalized spacial score (nSPS) is 13.6. The highest BCUT2D eigenvalue weighted by atomic mass is 16.5. The molecule has 2 unspecified atom stereocenters. The van der Waals surface area contributed by atoms with E-state index in [1.54, 1.807) is 7.05 Å². The predicted octanol–water partition coefficient (Wildman–Crippen LogP) is 1.44. The van der Waals surface area contributed by atoms with Crippen molar-refractivity contribution in [1.82, 2.24) is 10.2 Å². The molecule has 2 atom stereocenters. The monoisotopic (exact) mass is 295 g/mol. The van der Waals surface area contributed by atoms with Crippen molar-refractivity contribution in [3.63, 3.8) is 0 Å². The van der Waals surface area contributed by atoms with Crippen LogP contribution in [-0.4, -0.2) is 56.5 Å².